The van der Waals surface area contributed by atoms with E-state index in [4.69, 9.17) is 11.6 Å². The van der Waals surface area contributed by atoms with Gasteiger partial charge in [0.2, 0.25) is 5.82 Å². The maximum Gasteiger partial charge on any atom is 0.357 e. The average molecular weight is 532 g/mol. The number of anilines is 2. The van der Waals surface area contributed by atoms with Crippen molar-refractivity contribution in [3.63, 3.8) is 0 Å². The number of pyridine rings is 1. The molecule has 0 saturated heterocycles. The second-order valence-corrected chi connectivity index (χ2v) is 9.52. The smallest absolute Gasteiger partial charge is 0.342 e. The molecule has 1 aliphatic heterocycles. The zero-order chi connectivity index (χ0) is 25.0. The zero-order valence-corrected chi connectivity index (χ0v) is 20.2. The van der Waals surface area contributed by atoms with Gasteiger partial charge in [0.05, 0.1) is 23.0 Å². The molecule has 14 heteroatoms. The predicted molar refractivity (Wildman–Crippen MR) is 128 cm³/mol. The van der Waals surface area contributed by atoms with Gasteiger partial charge >= 0.3 is 5.92 Å². The van der Waals surface area contributed by atoms with Crippen molar-refractivity contribution in [3.8, 4) is 22.6 Å². The van der Waals surface area contributed by atoms with Crippen LogP contribution in [0.2, 0.25) is 5.02 Å². The third kappa shape index (κ3) is 3.57. The topological polar surface area (TPSA) is 91.3 Å². The van der Waals surface area contributed by atoms with E-state index in [1.165, 1.54) is 22.3 Å². The van der Waals surface area contributed by atoms with Crippen molar-refractivity contribution < 1.29 is 13.2 Å². The lowest BCUT2D eigenvalue weighted by atomic mass is 10.1. The van der Waals surface area contributed by atoms with Crippen molar-refractivity contribution in [2.75, 3.05) is 12.0 Å². The van der Waals surface area contributed by atoms with Crippen molar-refractivity contribution in [3.05, 3.63) is 64.2 Å². The molecule has 0 radical (unpaired) electrons. The Morgan fingerprint density at radius 1 is 1.22 bits per heavy atom. The Bertz CT molecular complexity index is 1560. The lowest BCUT2D eigenvalue weighted by Crippen LogP contribution is -2.30. The molecule has 5 aromatic heterocycles. The fourth-order valence-corrected chi connectivity index (χ4v) is 5.10. The van der Waals surface area contributed by atoms with Crippen LogP contribution in [0.1, 0.15) is 16.9 Å². The molecule has 0 unspecified atom stereocenters. The Balaban J connectivity index is 1.42. The Morgan fingerprint density at radius 2 is 2.08 bits per heavy atom. The van der Waals surface area contributed by atoms with Gasteiger partial charge in [-0.2, -0.15) is 13.9 Å². The minimum atomic E-state index is -3.51. The third-order valence-electron chi connectivity index (χ3n) is 6.00. The molecule has 1 N–H and O–H groups in total. The van der Waals surface area contributed by atoms with E-state index in [-0.39, 0.29) is 12.4 Å². The highest BCUT2D eigenvalue weighted by Gasteiger charge is 2.45. The van der Waals surface area contributed by atoms with E-state index in [0.717, 1.165) is 17.2 Å². The van der Waals surface area contributed by atoms with Crippen LogP contribution in [0.3, 0.4) is 0 Å². The number of aryl methyl sites for hydroxylation is 1. The Morgan fingerprint density at radius 3 is 2.81 bits per heavy atom. The molecule has 1 aliphatic rings. The van der Waals surface area contributed by atoms with Crippen LogP contribution in [0.25, 0.3) is 22.6 Å². The van der Waals surface area contributed by atoms with Crippen LogP contribution in [0.15, 0.2) is 48.4 Å². The van der Waals surface area contributed by atoms with Crippen LogP contribution in [0.4, 0.5) is 24.8 Å². The number of nitrogens with one attached hydrogen (secondary N) is 1. The molecule has 9 nitrogen and oxygen atoms in total. The number of fused-ring (bicyclic) bond motifs is 3. The normalized spacial score (nSPS) is 15.1. The van der Waals surface area contributed by atoms with Crippen molar-refractivity contribution in [2.45, 2.75) is 18.5 Å². The summed E-state index contributed by atoms with van der Waals surface area (Å²) in [5.41, 5.74) is 1.89. The predicted octanol–water partition coefficient (Wildman–Crippen LogP) is 5.06. The minimum absolute atomic E-state index is 0.126. The molecular formula is C22H17ClF3N9S. The minimum Gasteiger partial charge on any atom is -0.342 e. The van der Waals surface area contributed by atoms with E-state index >= 15 is 8.78 Å². The lowest BCUT2D eigenvalue weighted by molar-refractivity contribution is 0.0255. The van der Waals surface area contributed by atoms with Crippen molar-refractivity contribution in [1.29, 1.82) is 0 Å². The van der Waals surface area contributed by atoms with Crippen molar-refractivity contribution in [1.82, 2.24) is 39.1 Å². The standard InChI is InChI=1S/C22H17ClF3N9S/c1-33-18(2-3-29-33)30-17-7-14(15(23)9-28-17)12-6-16-19-31-32-20(22(25,26)21-27-4-5-36-21)35(19)13(8-24)11-34(16)10-12/h2-7,9-10,13H,8,11H2,1H3,(H,28,30)/t13-/m0/s1. The van der Waals surface area contributed by atoms with Crippen molar-refractivity contribution >= 4 is 34.6 Å². The highest BCUT2D eigenvalue weighted by molar-refractivity contribution is 7.09. The highest BCUT2D eigenvalue weighted by atomic mass is 35.5. The van der Waals surface area contributed by atoms with E-state index in [0.29, 0.717) is 27.7 Å². The fourth-order valence-electron chi connectivity index (χ4n) is 4.28. The fraction of sp³-hybridized carbons (Fsp3) is 0.227. The summed E-state index contributed by atoms with van der Waals surface area (Å²) in [6.45, 7) is -0.742. The number of rotatable bonds is 6. The molecule has 6 heterocycles. The van der Waals surface area contributed by atoms with Gasteiger partial charge in [0, 0.05) is 54.8 Å². The summed E-state index contributed by atoms with van der Waals surface area (Å²) in [7, 11) is 1.80. The van der Waals surface area contributed by atoms with E-state index < -0.39 is 29.5 Å². The van der Waals surface area contributed by atoms with Gasteiger partial charge in [0.25, 0.3) is 0 Å². The summed E-state index contributed by atoms with van der Waals surface area (Å²) in [6, 6.07) is 4.44. The van der Waals surface area contributed by atoms with Crippen LogP contribution in [-0.2, 0) is 19.5 Å². The van der Waals surface area contributed by atoms with E-state index in [9.17, 15) is 4.39 Å². The number of hydrogen-bond acceptors (Lipinski definition) is 7. The molecule has 0 spiro atoms. The molecule has 184 valence electrons. The molecule has 0 aromatic carbocycles. The van der Waals surface area contributed by atoms with E-state index in [2.05, 4.69) is 30.6 Å². The average Bonchev–Trinajstić information content (AvgIpc) is 3.66. The largest absolute Gasteiger partial charge is 0.357 e. The first kappa shape index (κ1) is 22.7. The molecule has 0 bridgehead atoms. The van der Waals surface area contributed by atoms with Gasteiger partial charge in [-0.15, -0.1) is 21.5 Å². The maximum atomic E-state index is 15.2. The van der Waals surface area contributed by atoms with E-state index in [1.807, 2.05) is 0 Å². The molecule has 6 rings (SSSR count). The summed E-state index contributed by atoms with van der Waals surface area (Å²) in [5, 5.41) is 16.5. The van der Waals surface area contributed by atoms with Gasteiger partial charge < -0.3 is 9.88 Å². The monoisotopic (exact) mass is 531 g/mol. The summed E-state index contributed by atoms with van der Waals surface area (Å²) in [5.74, 6) is -2.71. The molecule has 0 fully saturated rings. The SMILES string of the molecule is Cn1nccc1Nc1cc(-c2cc3n(c2)C[C@H](CF)n2c-3nnc2C(F)(F)c2nccs2)c(Cl)cn1. The Hall–Kier alpha value is -3.71. The number of alkyl halides is 3. The molecule has 1 atom stereocenters. The highest BCUT2D eigenvalue weighted by Crippen LogP contribution is 2.42. The van der Waals surface area contributed by atoms with Crippen molar-refractivity contribution in [2.24, 2.45) is 7.05 Å². The van der Waals surface area contributed by atoms with Crippen LogP contribution in [0, 0.1) is 0 Å². The lowest BCUT2D eigenvalue weighted by Gasteiger charge is -2.27. The number of thiazole rings is 1. The van der Waals surface area contributed by atoms with Gasteiger partial charge in [-0.3, -0.25) is 9.25 Å². The van der Waals surface area contributed by atoms with Crippen LogP contribution >= 0.6 is 22.9 Å². The molecule has 0 aliphatic carbocycles. The molecule has 0 saturated carbocycles. The van der Waals surface area contributed by atoms with Crippen LogP contribution < -0.4 is 5.32 Å². The van der Waals surface area contributed by atoms with E-state index in [1.54, 1.807) is 46.9 Å². The molecule has 5 aromatic rings. The molecule has 0 amide bonds. The Kier molecular flexibility index (Phi) is 5.34. The number of hydrogen-bond donors (Lipinski definition) is 1. The second kappa shape index (κ2) is 8.45. The third-order valence-corrected chi connectivity index (χ3v) is 7.14. The van der Waals surface area contributed by atoms with Gasteiger partial charge in [-0.05, 0) is 12.1 Å². The zero-order valence-electron chi connectivity index (χ0n) is 18.6. The van der Waals surface area contributed by atoms with Gasteiger partial charge in [-0.1, -0.05) is 11.6 Å². The number of nitrogens with zero attached hydrogens (tertiary/aromatic N) is 8. The van der Waals surface area contributed by atoms with Gasteiger partial charge in [0.15, 0.2) is 10.8 Å². The molecular weight excluding hydrogens is 515 g/mol. The quantitative estimate of drug-likeness (QED) is 0.329. The first-order chi connectivity index (χ1) is 17.4. The second-order valence-electron chi connectivity index (χ2n) is 8.22. The first-order valence-electron chi connectivity index (χ1n) is 10.8. The Labute approximate surface area is 211 Å². The molecule has 36 heavy (non-hydrogen) atoms. The summed E-state index contributed by atoms with van der Waals surface area (Å²) < 4.78 is 49.2. The van der Waals surface area contributed by atoms with Gasteiger partial charge in [0.1, 0.15) is 18.3 Å². The van der Waals surface area contributed by atoms with Crippen LogP contribution in [-0.4, -0.2) is 45.8 Å². The number of halogens is 4. The van der Waals surface area contributed by atoms with Crippen LogP contribution in [0.5, 0.6) is 0 Å². The summed E-state index contributed by atoms with van der Waals surface area (Å²) in [6.07, 6.45) is 6.27. The first-order valence-corrected chi connectivity index (χ1v) is 12.0. The van der Waals surface area contributed by atoms with Gasteiger partial charge in [-0.25, -0.2) is 14.4 Å². The maximum absolute atomic E-state index is 15.2. The summed E-state index contributed by atoms with van der Waals surface area (Å²) >= 11 is 7.28. The number of aromatic nitrogens is 8. The summed E-state index contributed by atoms with van der Waals surface area (Å²) in [4.78, 5) is 8.06.